The number of piperazine rings is 1. The van der Waals surface area contributed by atoms with Gasteiger partial charge in [0.25, 0.3) is 0 Å². The number of carbonyl (C=O) groups is 1. The Hall–Kier alpha value is -1.43. The van der Waals surface area contributed by atoms with E-state index in [1.54, 1.807) is 0 Å². The number of carbonyl (C=O) groups excluding carboxylic acids is 1. The Morgan fingerprint density at radius 3 is 2.89 bits per heavy atom. The highest BCUT2D eigenvalue weighted by Gasteiger charge is 2.25. The Morgan fingerprint density at radius 2 is 2.11 bits per heavy atom. The molecule has 19 heavy (non-hydrogen) atoms. The van der Waals surface area contributed by atoms with Crippen LogP contribution in [0.3, 0.4) is 0 Å². The van der Waals surface area contributed by atoms with Crippen molar-refractivity contribution in [2.24, 2.45) is 0 Å². The third-order valence-electron chi connectivity index (χ3n) is 4.13. The lowest BCUT2D eigenvalue weighted by molar-refractivity contribution is -0.124. The second-order valence-electron chi connectivity index (χ2n) is 5.45. The van der Waals surface area contributed by atoms with Crippen molar-refractivity contribution in [2.45, 2.75) is 50.6 Å². The molecule has 1 saturated carbocycles. The Morgan fingerprint density at radius 1 is 1.26 bits per heavy atom. The standard InChI is InChI=1S/C13H21N5O/c19-13-11(14-6-7-15-13)8-12-17-16-9-18(12)10-4-2-1-3-5-10/h9-11,14H,1-8H2,(H,15,19). The Kier molecular flexibility index (Phi) is 3.77. The molecule has 2 aliphatic rings. The molecule has 3 rings (SSSR count). The normalized spacial score (nSPS) is 25.3. The first-order chi connectivity index (χ1) is 9.34. The summed E-state index contributed by atoms with van der Waals surface area (Å²) in [5, 5.41) is 14.4. The molecule has 6 nitrogen and oxygen atoms in total. The van der Waals surface area contributed by atoms with Gasteiger partial charge >= 0.3 is 0 Å². The molecule has 1 aliphatic heterocycles. The molecule has 1 aromatic rings. The van der Waals surface area contributed by atoms with Crippen LogP contribution in [0.5, 0.6) is 0 Å². The number of nitrogens with one attached hydrogen (secondary N) is 2. The van der Waals surface area contributed by atoms with Crippen molar-refractivity contribution in [1.82, 2.24) is 25.4 Å². The molecule has 0 radical (unpaired) electrons. The first kappa shape index (κ1) is 12.6. The molecule has 1 saturated heterocycles. The Labute approximate surface area is 113 Å². The van der Waals surface area contributed by atoms with Crippen LogP contribution in [-0.4, -0.2) is 39.8 Å². The summed E-state index contributed by atoms with van der Waals surface area (Å²) in [4.78, 5) is 11.8. The van der Waals surface area contributed by atoms with E-state index in [9.17, 15) is 4.79 Å². The minimum Gasteiger partial charge on any atom is -0.353 e. The fraction of sp³-hybridized carbons (Fsp3) is 0.769. The molecule has 0 aromatic carbocycles. The molecule has 2 heterocycles. The van der Waals surface area contributed by atoms with E-state index in [1.165, 1.54) is 32.1 Å². The van der Waals surface area contributed by atoms with E-state index in [0.29, 0.717) is 19.0 Å². The molecule has 1 aromatic heterocycles. The van der Waals surface area contributed by atoms with Crippen LogP contribution in [0.4, 0.5) is 0 Å². The molecule has 2 N–H and O–H groups in total. The van der Waals surface area contributed by atoms with Gasteiger partial charge in [-0.2, -0.15) is 0 Å². The van der Waals surface area contributed by atoms with Gasteiger partial charge in [0.1, 0.15) is 12.2 Å². The van der Waals surface area contributed by atoms with Gasteiger partial charge in [0, 0.05) is 25.6 Å². The second kappa shape index (κ2) is 5.69. The highest BCUT2D eigenvalue weighted by molar-refractivity contribution is 5.82. The largest absolute Gasteiger partial charge is 0.353 e. The van der Waals surface area contributed by atoms with Crippen molar-refractivity contribution in [3.8, 4) is 0 Å². The summed E-state index contributed by atoms with van der Waals surface area (Å²) in [6.45, 7) is 1.54. The Bertz CT molecular complexity index is 438. The monoisotopic (exact) mass is 263 g/mol. The molecule has 1 aliphatic carbocycles. The predicted molar refractivity (Wildman–Crippen MR) is 70.6 cm³/mol. The summed E-state index contributed by atoms with van der Waals surface area (Å²) in [6, 6.07) is 0.352. The summed E-state index contributed by atoms with van der Waals surface area (Å²) in [7, 11) is 0. The zero-order chi connectivity index (χ0) is 13.1. The Balaban J connectivity index is 1.70. The third kappa shape index (κ3) is 2.78. The minimum atomic E-state index is -0.166. The average Bonchev–Trinajstić information content (AvgIpc) is 2.91. The van der Waals surface area contributed by atoms with E-state index in [-0.39, 0.29) is 11.9 Å². The SMILES string of the molecule is O=C1NCCNC1Cc1nncn1C1CCCCC1. The van der Waals surface area contributed by atoms with E-state index >= 15 is 0 Å². The minimum absolute atomic E-state index is 0.0736. The number of aromatic nitrogens is 3. The third-order valence-corrected chi connectivity index (χ3v) is 4.13. The van der Waals surface area contributed by atoms with Crippen LogP contribution in [0.15, 0.2) is 6.33 Å². The van der Waals surface area contributed by atoms with E-state index in [1.807, 2.05) is 6.33 Å². The molecule has 2 fully saturated rings. The number of rotatable bonds is 3. The van der Waals surface area contributed by atoms with Gasteiger partial charge in [-0.25, -0.2) is 0 Å². The van der Waals surface area contributed by atoms with Crippen molar-refractivity contribution in [1.29, 1.82) is 0 Å². The molecule has 6 heteroatoms. The van der Waals surface area contributed by atoms with Crippen LogP contribution in [0.1, 0.15) is 44.0 Å². The lowest BCUT2D eigenvalue weighted by atomic mass is 9.95. The van der Waals surface area contributed by atoms with Gasteiger partial charge in [-0.1, -0.05) is 19.3 Å². The van der Waals surface area contributed by atoms with Gasteiger partial charge in [-0.15, -0.1) is 10.2 Å². The molecule has 0 spiro atoms. The second-order valence-corrected chi connectivity index (χ2v) is 5.45. The lowest BCUT2D eigenvalue weighted by Gasteiger charge is -2.26. The quantitative estimate of drug-likeness (QED) is 0.829. The lowest BCUT2D eigenvalue weighted by Crippen LogP contribution is -2.54. The van der Waals surface area contributed by atoms with E-state index in [0.717, 1.165) is 12.4 Å². The maximum Gasteiger partial charge on any atom is 0.237 e. The summed E-state index contributed by atoms with van der Waals surface area (Å²) in [5.74, 6) is 1.01. The van der Waals surface area contributed by atoms with Crippen LogP contribution >= 0.6 is 0 Å². The smallest absolute Gasteiger partial charge is 0.237 e. The van der Waals surface area contributed by atoms with Crippen molar-refractivity contribution < 1.29 is 4.79 Å². The molecule has 1 atom stereocenters. The topological polar surface area (TPSA) is 71.8 Å². The van der Waals surface area contributed by atoms with Gasteiger partial charge in [0.05, 0.1) is 6.04 Å². The molecule has 1 unspecified atom stereocenters. The molecule has 1 amide bonds. The molecular weight excluding hydrogens is 242 g/mol. The van der Waals surface area contributed by atoms with Crippen molar-refractivity contribution in [3.63, 3.8) is 0 Å². The van der Waals surface area contributed by atoms with Crippen LogP contribution in [0.2, 0.25) is 0 Å². The van der Waals surface area contributed by atoms with Crippen LogP contribution < -0.4 is 10.6 Å². The van der Waals surface area contributed by atoms with Gasteiger partial charge < -0.3 is 15.2 Å². The highest BCUT2D eigenvalue weighted by atomic mass is 16.2. The fourth-order valence-electron chi connectivity index (χ4n) is 3.07. The first-order valence-electron chi connectivity index (χ1n) is 7.24. The van der Waals surface area contributed by atoms with E-state index < -0.39 is 0 Å². The van der Waals surface area contributed by atoms with E-state index in [2.05, 4.69) is 25.4 Å². The van der Waals surface area contributed by atoms with Crippen LogP contribution in [-0.2, 0) is 11.2 Å². The van der Waals surface area contributed by atoms with E-state index in [4.69, 9.17) is 0 Å². The number of hydrogen-bond acceptors (Lipinski definition) is 4. The van der Waals surface area contributed by atoms with Crippen molar-refractivity contribution in [2.75, 3.05) is 13.1 Å². The van der Waals surface area contributed by atoms with Gasteiger partial charge in [-0.05, 0) is 12.8 Å². The molecule has 104 valence electrons. The maximum absolute atomic E-state index is 11.8. The highest BCUT2D eigenvalue weighted by Crippen LogP contribution is 2.28. The number of nitrogens with zero attached hydrogens (tertiary/aromatic N) is 3. The number of hydrogen-bond donors (Lipinski definition) is 2. The summed E-state index contributed by atoms with van der Waals surface area (Å²) >= 11 is 0. The summed E-state index contributed by atoms with van der Waals surface area (Å²) in [6.07, 6.45) is 8.76. The maximum atomic E-state index is 11.8. The van der Waals surface area contributed by atoms with Crippen molar-refractivity contribution in [3.05, 3.63) is 12.2 Å². The van der Waals surface area contributed by atoms with Crippen LogP contribution in [0.25, 0.3) is 0 Å². The summed E-state index contributed by atoms with van der Waals surface area (Å²) < 4.78 is 2.18. The first-order valence-corrected chi connectivity index (χ1v) is 7.24. The van der Waals surface area contributed by atoms with Gasteiger partial charge in [0.2, 0.25) is 5.91 Å². The predicted octanol–water partition coefficient (Wildman–Crippen LogP) is 0.414. The molecule has 0 bridgehead atoms. The fourth-order valence-corrected chi connectivity index (χ4v) is 3.07. The van der Waals surface area contributed by atoms with Gasteiger partial charge in [-0.3, -0.25) is 4.79 Å². The zero-order valence-corrected chi connectivity index (χ0v) is 11.1. The van der Waals surface area contributed by atoms with Crippen LogP contribution in [0, 0.1) is 0 Å². The van der Waals surface area contributed by atoms with Gasteiger partial charge in [0.15, 0.2) is 0 Å². The zero-order valence-electron chi connectivity index (χ0n) is 11.1. The number of amides is 1. The molecular formula is C13H21N5O. The summed E-state index contributed by atoms with van der Waals surface area (Å²) in [5.41, 5.74) is 0. The average molecular weight is 263 g/mol. The van der Waals surface area contributed by atoms with Crippen molar-refractivity contribution >= 4 is 5.91 Å².